The molecule has 0 aliphatic rings. The molecule has 1 rings (SSSR count). The van der Waals surface area contributed by atoms with Gasteiger partial charge >= 0.3 is 6.01 Å². The van der Waals surface area contributed by atoms with Gasteiger partial charge in [0.15, 0.2) is 0 Å². The molecule has 0 saturated carbocycles. The summed E-state index contributed by atoms with van der Waals surface area (Å²) in [7, 11) is 0. The van der Waals surface area contributed by atoms with Gasteiger partial charge in [0.05, 0.1) is 13.2 Å². The number of carbonyl (C=O) groups excluding carboxylic acids is 1. The van der Waals surface area contributed by atoms with Gasteiger partial charge in [-0.2, -0.15) is 15.0 Å². The molecule has 0 spiro atoms. The Kier molecular flexibility index (Phi) is 7.16. The number of nitrogens with two attached hydrogens (primary N) is 1. The number of nitrogens with zero attached hydrogens (tertiary/aromatic N) is 3. The van der Waals surface area contributed by atoms with Gasteiger partial charge < -0.3 is 15.4 Å². The van der Waals surface area contributed by atoms with Crippen molar-refractivity contribution in [2.24, 2.45) is 11.8 Å². The first-order valence-electron chi connectivity index (χ1n) is 6.91. The fraction of sp³-hybridized carbons (Fsp3) is 0.667. The fourth-order valence-corrected chi connectivity index (χ4v) is 1.30. The van der Waals surface area contributed by atoms with Crippen molar-refractivity contribution in [2.75, 3.05) is 30.4 Å². The first-order chi connectivity index (χ1) is 10.0. The van der Waals surface area contributed by atoms with Crippen molar-refractivity contribution in [3.05, 3.63) is 0 Å². The minimum absolute atomic E-state index is 0.0635. The summed E-state index contributed by atoms with van der Waals surface area (Å²) in [4.78, 5) is 23.6. The third kappa shape index (κ3) is 6.70. The lowest BCUT2D eigenvalue weighted by Gasteiger charge is -2.10. The number of hydrazine groups is 1. The molecule has 1 aromatic rings. The zero-order valence-electron chi connectivity index (χ0n) is 12.6. The summed E-state index contributed by atoms with van der Waals surface area (Å²) < 4.78 is 5.33. The Morgan fingerprint density at radius 1 is 1.29 bits per heavy atom. The number of rotatable bonds is 9. The minimum atomic E-state index is -0.137. The number of nitrogens with one attached hydrogen (secondary N) is 3. The van der Waals surface area contributed by atoms with Crippen molar-refractivity contribution in [2.45, 2.75) is 27.2 Å². The number of ether oxygens (including phenoxy) is 1. The van der Waals surface area contributed by atoms with Gasteiger partial charge in [-0.1, -0.05) is 20.8 Å². The van der Waals surface area contributed by atoms with Gasteiger partial charge in [0, 0.05) is 6.54 Å². The molecule has 0 unspecified atom stereocenters. The van der Waals surface area contributed by atoms with Gasteiger partial charge in [-0.25, -0.2) is 5.84 Å². The molecule has 0 aliphatic carbocycles. The van der Waals surface area contributed by atoms with Gasteiger partial charge in [0.1, 0.15) is 0 Å². The molecule has 21 heavy (non-hydrogen) atoms. The van der Waals surface area contributed by atoms with E-state index in [0.29, 0.717) is 19.1 Å². The van der Waals surface area contributed by atoms with Crippen LogP contribution in [0.3, 0.4) is 0 Å². The summed E-state index contributed by atoms with van der Waals surface area (Å²) >= 11 is 0. The standard InChI is InChI=1S/C12H23N7O2/c1-4-5-21-12-17-10(16-11(18-12)19-13)15-7-9(20)14-6-8(2)3/h8H,4-7,13H2,1-3H3,(H,14,20)(H2,15,16,17,18,19). The Morgan fingerprint density at radius 3 is 2.62 bits per heavy atom. The Balaban J connectivity index is 2.58. The topological polar surface area (TPSA) is 127 Å². The molecule has 1 aromatic heterocycles. The number of anilines is 2. The summed E-state index contributed by atoms with van der Waals surface area (Å²) in [5.74, 6) is 5.94. The van der Waals surface area contributed by atoms with E-state index in [1.165, 1.54) is 0 Å². The van der Waals surface area contributed by atoms with Crippen molar-refractivity contribution < 1.29 is 9.53 Å². The average Bonchev–Trinajstić information content (AvgIpc) is 2.48. The lowest BCUT2D eigenvalue weighted by molar-refractivity contribution is -0.119. The predicted octanol–water partition coefficient (Wildman–Crippen LogP) is 0.130. The largest absolute Gasteiger partial charge is 0.463 e. The van der Waals surface area contributed by atoms with Crippen LogP contribution in [0.2, 0.25) is 0 Å². The highest BCUT2D eigenvalue weighted by atomic mass is 16.5. The number of hydrogen-bond acceptors (Lipinski definition) is 8. The van der Waals surface area contributed by atoms with Crippen LogP contribution in [0.4, 0.5) is 11.9 Å². The molecule has 5 N–H and O–H groups in total. The molecule has 9 heteroatoms. The monoisotopic (exact) mass is 297 g/mol. The number of amides is 1. The number of carbonyl (C=O) groups is 1. The molecule has 0 fully saturated rings. The SMILES string of the molecule is CCCOc1nc(NN)nc(NCC(=O)NCC(C)C)n1. The molecule has 0 bridgehead atoms. The predicted molar refractivity (Wildman–Crippen MR) is 79.8 cm³/mol. The van der Waals surface area contributed by atoms with E-state index in [4.69, 9.17) is 10.6 Å². The van der Waals surface area contributed by atoms with E-state index >= 15 is 0 Å². The van der Waals surface area contributed by atoms with E-state index in [0.717, 1.165) is 6.42 Å². The zero-order valence-corrected chi connectivity index (χ0v) is 12.6. The van der Waals surface area contributed by atoms with E-state index < -0.39 is 0 Å². The van der Waals surface area contributed by atoms with Gasteiger partial charge in [-0.15, -0.1) is 0 Å². The lowest BCUT2D eigenvalue weighted by Crippen LogP contribution is -2.33. The van der Waals surface area contributed by atoms with Crippen molar-refractivity contribution in [1.82, 2.24) is 20.3 Å². The Morgan fingerprint density at radius 2 is 2.00 bits per heavy atom. The van der Waals surface area contributed by atoms with E-state index in [1.807, 2.05) is 20.8 Å². The molecular formula is C12H23N7O2. The van der Waals surface area contributed by atoms with Crippen LogP contribution in [0.1, 0.15) is 27.2 Å². The van der Waals surface area contributed by atoms with E-state index in [1.54, 1.807) is 0 Å². The van der Waals surface area contributed by atoms with E-state index in [2.05, 4.69) is 31.0 Å². The molecule has 1 amide bonds. The zero-order chi connectivity index (χ0) is 15.7. The van der Waals surface area contributed by atoms with Crippen LogP contribution in [0, 0.1) is 5.92 Å². The number of nitrogen functional groups attached to an aromatic ring is 1. The highest BCUT2D eigenvalue weighted by Gasteiger charge is 2.08. The second-order valence-corrected chi connectivity index (χ2v) is 4.81. The van der Waals surface area contributed by atoms with Gasteiger partial charge in [-0.05, 0) is 12.3 Å². The molecule has 0 saturated heterocycles. The first-order valence-corrected chi connectivity index (χ1v) is 6.91. The molecule has 1 heterocycles. The molecule has 118 valence electrons. The van der Waals surface area contributed by atoms with Crippen LogP contribution in [-0.4, -0.2) is 40.6 Å². The highest BCUT2D eigenvalue weighted by Crippen LogP contribution is 2.10. The average molecular weight is 297 g/mol. The maximum absolute atomic E-state index is 11.6. The Labute approximate surface area is 124 Å². The number of aromatic nitrogens is 3. The smallest absolute Gasteiger partial charge is 0.323 e. The summed E-state index contributed by atoms with van der Waals surface area (Å²) in [6.45, 7) is 7.20. The van der Waals surface area contributed by atoms with Crippen LogP contribution < -0.4 is 26.6 Å². The Bertz CT molecular complexity index is 453. The minimum Gasteiger partial charge on any atom is -0.463 e. The van der Waals surface area contributed by atoms with E-state index in [-0.39, 0.29) is 30.4 Å². The normalized spacial score (nSPS) is 10.3. The number of hydrogen-bond donors (Lipinski definition) is 4. The summed E-state index contributed by atoms with van der Waals surface area (Å²) in [5, 5.41) is 5.60. The molecule has 0 aromatic carbocycles. The molecule has 0 atom stereocenters. The quantitative estimate of drug-likeness (QED) is 0.374. The Hall–Kier alpha value is -2.16. The van der Waals surface area contributed by atoms with Gasteiger partial charge in [0.25, 0.3) is 0 Å². The fourth-order valence-electron chi connectivity index (χ4n) is 1.30. The summed E-state index contributed by atoms with van der Waals surface area (Å²) in [6, 6.07) is 0.157. The highest BCUT2D eigenvalue weighted by molar-refractivity contribution is 5.80. The molecule has 9 nitrogen and oxygen atoms in total. The van der Waals surface area contributed by atoms with Gasteiger partial charge in [0.2, 0.25) is 17.8 Å². The van der Waals surface area contributed by atoms with E-state index in [9.17, 15) is 4.79 Å². The van der Waals surface area contributed by atoms with Crippen molar-refractivity contribution in [1.29, 1.82) is 0 Å². The van der Waals surface area contributed by atoms with Crippen LogP contribution in [0.5, 0.6) is 6.01 Å². The van der Waals surface area contributed by atoms with Crippen LogP contribution >= 0.6 is 0 Å². The second kappa shape index (κ2) is 8.90. The van der Waals surface area contributed by atoms with Crippen LogP contribution in [0.15, 0.2) is 0 Å². The van der Waals surface area contributed by atoms with Crippen LogP contribution in [-0.2, 0) is 4.79 Å². The first kappa shape index (κ1) is 16.9. The second-order valence-electron chi connectivity index (χ2n) is 4.81. The molecular weight excluding hydrogens is 274 g/mol. The molecule has 0 aliphatic heterocycles. The van der Waals surface area contributed by atoms with Crippen molar-refractivity contribution >= 4 is 17.8 Å². The maximum Gasteiger partial charge on any atom is 0.323 e. The summed E-state index contributed by atoms with van der Waals surface area (Å²) in [5.41, 5.74) is 2.33. The van der Waals surface area contributed by atoms with Crippen LogP contribution in [0.25, 0.3) is 0 Å². The third-order valence-corrected chi connectivity index (χ3v) is 2.29. The molecule has 0 radical (unpaired) electrons. The summed E-state index contributed by atoms with van der Waals surface area (Å²) in [6.07, 6.45) is 0.831. The lowest BCUT2D eigenvalue weighted by atomic mass is 10.2. The van der Waals surface area contributed by atoms with Crippen molar-refractivity contribution in [3.8, 4) is 6.01 Å². The maximum atomic E-state index is 11.6. The third-order valence-electron chi connectivity index (χ3n) is 2.29. The van der Waals surface area contributed by atoms with Crippen molar-refractivity contribution in [3.63, 3.8) is 0 Å². The van der Waals surface area contributed by atoms with Gasteiger partial charge in [-0.3, -0.25) is 10.2 Å².